The first kappa shape index (κ1) is 25.0. The minimum Gasteiger partial charge on any atom is -0.391 e. The van der Waals surface area contributed by atoms with E-state index in [0.29, 0.717) is 11.5 Å². The van der Waals surface area contributed by atoms with Gasteiger partial charge in [-0.1, -0.05) is 25.1 Å². The fraction of sp³-hybridized carbons (Fsp3) is 0.480. The summed E-state index contributed by atoms with van der Waals surface area (Å²) >= 11 is 1.54. The first-order valence-corrected chi connectivity index (χ1v) is 12.6. The summed E-state index contributed by atoms with van der Waals surface area (Å²) in [6, 6.07) is 4.51. The van der Waals surface area contributed by atoms with Gasteiger partial charge in [0.15, 0.2) is 0 Å². The molecule has 2 N–H and O–H groups in total. The normalized spacial score (nSPS) is 19.7. The fourth-order valence-electron chi connectivity index (χ4n) is 4.49. The van der Waals surface area contributed by atoms with E-state index >= 15 is 0 Å². The van der Waals surface area contributed by atoms with Crippen LogP contribution < -0.4 is 5.32 Å². The van der Waals surface area contributed by atoms with Gasteiger partial charge in [-0.25, -0.2) is 4.98 Å². The summed E-state index contributed by atoms with van der Waals surface area (Å²) in [4.78, 5) is 38.1. The molecule has 2 amide bonds. The number of nitrogens with one attached hydrogen (secondary N) is 1. The van der Waals surface area contributed by atoms with Crippen molar-refractivity contribution in [2.75, 3.05) is 6.54 Å². The van der Waals surface area contributed by atoms with Gasteiger partial charge >= 0.3 is 0 Å². The van der Waals surface area contributed by atoms with E-state index in [1.807, 2.05) is 39.8 Å². The number of aromatic nitrogens is 3. The molecule has 0 aromatic carbocycles. The molecule has 0 radical (unpaired) electrons. The number of carbonyl (C=O) groups excluding carboxylic acids is 2. The molecule has 4 heterocycles. The van der Waals surface area contributed by atoms with Crippen LogP contribution in [-0.2, 0) is 9.59 Å². The van der Waals surface area contributed by atoms with Gasteiger partial charge in [-0.3, -0.25) is 14.6 Å². The molecule has 1 aliphatic rings. The highest BCUT2D eigenvalue weighted by Crippen LogP contribution is 2.31. The van der Waals surface area contributed by atoms with E-state index in [2.05, 4.69) is 20.4 Å². The summed E-state index contributed by atoms with van der Waals surface area (Å²) in [7, 11) is 0. The van der Waals surface area contributed by atoms with Gasteiger partial charge < -0.3 is 19.8 Å². The lowest BCUT2D eigenvalue weighted by atomic mass is 9.91. The van der Waals surface area contributed by atoms with E-state index in [4.69, 9.17) is 4.52 Å². The number of hydrogen-bond acceptors (Lipinski definition) is 8. The van der Waals surface area contributed by atoms with Crippen LogP contribution in [0.5, 0.6) is 0 Å². The number of aliphatic hydroxyl groups excluding tert-OH is 1. The number of hydrogen-bond donors (Lipinski definition) is 2. The molecule has 4 atom stereocenters. The Labute approximate surface area is 208 Å². The van der Waals surface area contributed by atoms with Crippen LogP contribution in [0.25, 0.3) is 10.6 Å². The van der Waals surface area contributed by atoms with Crippen LogP contribution in [0.2, 0.25) is 0 Å². The average molecular weight is 498 g/mol. The standard InChI is InChI=1S/C25H31N5O4S/c1-13(2)22(21-8-14(3)29-34-21)25(33)30-11-18(31)9-20(30)24(32)28-15(4)17-6-7-19(26-10-17)23-16(5)27-12-35-23/h6-8,10,12-13,15,18,20,22,31H,9,11H2,1-5H3,(H,28,32)/t15-,18+,20-,22?/m0/s1. The third kappa shape index (κ3) is 5.28. The second-order valence-electron chi connectivity index (χ2n) is 9.46. The number of aryl methyl sites for hydroxylation is 2. The molecule has 4 rings (SSSR count). The van der Waals surface area contributed by atoms with Crippen molar-refractivity contribution in [3.8, 4) is 10.6 Å². The van der Waals surface area contributed by atoms with Gasteiger partial charge in [-0.05, 0) is 38.3 Å². The van der Waals surface area contributed by atoms with Crippen LogP contribution in [-0.4, -0.2) is 55.6 Å². The van der Waals surface area contributed by atoms with Crippen molar-refractivity contribution in [2.45, 2.75) is 65.1 Å². The van der Waals surface area contributed by atoms with Crippen molar-refractivity contribution in [1.29, 1.82) is 0 Å². The summed E-state index contributed by atoms with van der Waals surface area (Å²) in [5, 5.41) is 17.2. The summed E-state index contributed by atoms with van der Waals surface area (Å²) in [5.41, 5.74) is 5.09. The third-order valence-corrected chi connectivity index (χ3v) is 7.32. The molecule has 3 aromatic rings. The molecule has 1 fully saturated rings. The highest BCUT2D eigenvalue weighted by atomic mass is 32.1. The first-order chi connectivity index (χ1) is 16.7. The summed E-state index contributed by atoms with van der Waals surface area (Å²) < 4.78 is 5.39. The number of thiazole rings is 1. The van der Waals surface area contributed by atoms with Gasteiger partial charge in [-0.15, -0.1) is 11.3 Å². The average Bonchev–Trinajstić information content (AvgIpc) is 3.53. The molecule has 1 saturated heterocycles. The number of amides is 2. The maximum Gasteiger partial charge on any atom is 0.243 e. The molecule has 1 unspecified atom stereocenters. The van der Waals surface area contributed by atoms with Crippen LogP contribution in [0.15, 0.2) is 34.4 Å². The summed E-state index contributed by atoms with van der Waals surface area (Å²) in [5.74, 6) is -0.727. The molecule has 0 bridgehead atoms. The van der Waals surface area contributed by atoms with Crippen LogP contribution in [0.4, 0.5) is 0 Å². The Bertz CT molecular complexity index is 1190. The number of carbonyl (C=O) groups is 2. The van der Waals surface area contributed by atoms with Crippen LogP contribution in [0.1, 0.15) is 61.9 Å². The van der Waals surface area contributed by atoms with Crippen molar-refractivity contribution in [2.24, 2.45) is 5.92 Å². The smallest absolute Gasteiger partial charge is 0.243 e. The zero-order valence-corrected chi connectivity index (χ0v) is 21.4. The van der Waals surface area contributed by atoms with Crippen molar-refractivity contribution >= 4 is 23.2 Å². The van der Waals surface area contributed by atoms with Crippen LogP contribution >= 0.6 is 11.3 Å². The Kier molecular flexibility index (Phi) is 7.32. The van der Waals surface area contributed by atoms with E-state index in [-0.39, 0.29) is 36.7 Å². The molecule has 10 heteroatoms. The van der Waals surface area contributed by atoms with Crippen molar-refractivity contribution in [3.63, 3.8) is 0 Å². The second kappa shape index (κ2) is 10.2. The number of β-amino-alcohol motifs (C(OH)–C–C–N with tert-alkyl or cyclic N) is 1. The number of rotatable bonds is 7. The van der Waals surface area contributed by atoms with E-state index in [9.17, 15) is 14.7 Å². The first-order valence-electron chi connectivity index (χ1n) is 11.7. The zero-order chi connectivity index (χ0) is 25.3. The largest absolute Gasteiger partial charge is 0.391 e. The number of pyridine rings is 1. The molecule has 0 spiro atoms. The molecule has 186 valence electrons. The van der Waals surface area contributed by atoms with E-state index < -0.39 is 18.1 Å². The minimum absolute atomic E-state index is 0.0676. The minimum atomic E-state index is -0.766. The van der Waals surface area contributed by atoms with E-state index in [1.54, 1.807) is 24.7 Å². The lowest BCUT2D eigenvalue weighted by molar-refractivity contribution is -0.141. The lowest BCUT2D eigenvalue weighted by Gasteiger charge is -2.29. The van der Waals surface area contributed by atoms with Gasteiger partial charge in [0.05, 0.1) is 39.6 Å². The quantitative estimate of drug-likeness (QED) is 0.513. The molecular formula is C25H31N5O4S. The Hall–Kier alpha value is -3.11. The SMILES string of the molecule is Cc1cc(C(C(=O)N2C[C@H](O)C[C@H]2C(=O)N[C@@H](C)c2ccc(-c3scnc3C)nc2)C(C)C)on1. The zero-order valence-electron chi connectivity index (χ0n) is 20.6. The van der Waals surface area contributed by atoms with E-state index in [1.165, 1.54) is 16.2 Å². The predicted octanol–water partition coefficient (Wildman–Crippen LogP) is 3.39. The molecule has 0 saturated carbocycles. The van der Waals surface area contributed by atoms with Gasteiger partial charge in [0.25, 0.3) is 0 Å². The predicted molar refractivity (Wildman–Crippen MR) is 132 cm³/mol. The lowest BCUT2D eigenvalue weighted by Crippen LogP contribution is -2.48. The summed E-state index contributed by atoms with van der Waals surface area (Å²) in [6.45, 7) is 9.57. The van der Waals surface area contributed by atoms with Crippen molar-refractivity contribution in [1.82, 2.24) is 25.3 Å². The molecule has 3 aromatic heterocycles. The van der Waals surface area contributed by atoms with Crippen LogP contribution in [0, 0.1) is 19.8 Å². The highest BCUT2D eigenvalue weighted by Gasteiger charge is 2.43. The van der Waals surface area contributed by atoms with E-state index in [0.717, 1.165) is 21.8 Å². The number of aliphatic hydroxyl groups is 1. The summed E-state index contributed by atoms with van der Waals surface area (Å²) in [6.07, 6.45) is 1.16. The molecule has 0 aliphatic carbocycles. The second-order valence-corrected chi connectivity index (χ2v) is 10.3. The monoisotopic (exact) mass is 497 g/mol. The Morgan fingerprint density at radius 3 is 2.57 bits per heavy atom. The molecule has 35 heavy (non-hydrogen) atoms. The molecule has 9 nitrogen and oxygen atoms in total. The maximum atomic E-state index is 13.5. The molecular weight excluding hydrogens is 466 g/mol. The number of likely N-dealkylation sites (tertiary alicyclic amines) is 1. The van der Waals surface area contributed by atoms with Gasteiger partial charge in [0.2, 0.25) is 11.8 Å². The van der Waals surface area contributed by atoms with Gasteiger partial charge in [0, 0.05) is 25.2 Å². The highest BCUT2D eigenvalue weighted by molar-refractivity contribution is 7.13. The van der Waals surface area contributed by atoms with Gasteiger partial charge in [-0.2, -0.15) is 0 Å². The third-order valence-electron chi connectivity index (χ3n) is 6.37. The van der Waals surface area contributed by atoms with Crippen molar-refractivity contribution in [3.05, 3.63) is 52.6 Å². The van der Waals surface area contributed by atoms with Crippen LogP contribution in [0.3, 0.4) is 0 Å². The molecule has 1 aliphatic heterocycles. The van der Waals surface area contributed by atoms with Crippen molar-refractivity contribution < 1.29 is 19.2 Å². The maximum absolute atomic E-state index is 13.5. The Morgan fingerprint density at radius 2 is 2.00 bits per heavy atom. The fourth-order valence-corrected chi connectivity index (χ4v) is 5.27. The Balaban J connectivity index is 1.47. The Morgan fingerprint density at radius 1 is 1.23 bits per heavy atom. The van der Waals surface area contributed by atoms with Gasteiger partial charge in [0.1, 0.15) is 17.7 Å². The number of nitrogens with zero attached hydrogens (tertiary/aromatic N) is 4. The topological polar surface area (TPSA) is 121 Å².